The van der Waals surface area contributed by atoms with E-state index in [2.05, 4.69) is 0 Å². The van der Waals surface area contributed by atoms with Crippen LogP contribution >= 0.6 is 0 Å². The SMILES string of the molecule is O=C1OC(CC2c3ccccc3-c3ccccc32)N(C(=O)O)[C@H]1Cc1ccc(C(F)(F)F)cc1. The zero-order valence-corrected chi connectivity index (χ0v) is 17.8. The molecule has 1 heterocycles. The van der Waals surface area contributed by atoms with Gasteiger partial charge in [0.15, 0.2) is 6.23 Å². The summed E-state index contributed by atoms with van der Waals surface area (Å²) in [4.78, 5) is 25.8. The molecule has 3 aromatic rings. The first kappa shape index (κ1) is 22.0. The summed E-state index contributed by atoms with van der Waals surface area (Å²) < 4.78 is 44.1. The fourth-order valence-electron chi connectivity index (χ4n) is 4.95. The fourth-order valence-corrected chi connectivity index (χ4v) is 4.95. The molecule has 1 aliphatic carbocycles. The van der Waals surface area contributed by atoms with Crippen molar-refractivity contribution in [2.75, 3.05) is 0 Å². The highest BCUT2D eigenvalue weighted by Gasteiger charge is 2.47. The summed E-state index contributed by atoms with van der Waals surface area (Å²) in [5, 5.41) is 9.91. The highest BCUT2D eigenvalue weighted by atomic mass is 19.4. The first-order chi connectivity index (χ1) is 16.2. The topological polar surface area (TPSA) is 66.8 Å². The number of benzene rings is 3. The first-order valence-corrected chi connectivity index (χ1v) is 10.8. The van der Waals surface area contributed by atoms with Crippen molar-refractivity contribution in [3.05, 3.63) is 95.1 Å². The van der Waals surface area contributed by atoms with Gasteiger partial charge >= 0.3 is 18.2 Å². The van der Waals surface area contributed by atoms with Gasteiger partial charge in [0, 0.05) is 18.8 Å². The summed E-state index contributed by atoms with van der Waals surface area (Å²) in [6, 6.07) is 18.9. The molecule has 1 amide bonds. The van der Waals surface area contributed by atoms with Crippen molar-refractivity contribution in [3.8, 4) is 11.1 Å². The smallest absolute Gasteiger partial charge is 0.416 e. The van der Waals surface area contributed by atoms with Gasteiger partial charge in [-0.2, -0.15) is 13.2 Å². The second-order valence-electron chi connectivity index (χ2n) is 8.46. The maximum Gasteiger partial charge on any atom is 0.416 e. The summed E-state index contributed by atoms with van der Waals surface area (Å²) >= 11 is 0. The van der Waals surface area contributed by atoms with E-state index >= 15 is 0 Å². The maximum absolute atomic E-state index is 12.9. The van der Waals surface area contributed by atoms with Crippen molar-refractivity contribution in [2.24, 2.45) is 0 Å². The van der Waals surface area contributed by atoms with E-state index in [0.717, 1.165) is 39.3 Å². The van der Waals surface area contributed by atoms with Crippen LogP contribution in [0.5, 0.6) is 0 Å². The van der Waals surface area contributed by atoms with E-state index in [1.165, 1.54) is 12.1 Å². The van der Waals surface area contributed by atoms with Crippen LogP contribution in [-0.2, 0) is 22.1 Å². The molecule has 34 heavy (non-hydrogen) atoms. The number of fused-ring (bicyclic) bond motifs is 3. The normalized spacial score (nSPS) is 19.6. The van der Waals surface area contributed by atoms with Gasteiger partial charge in [0.05, 0.1) is 5.56 Å². The van der Waals surface area contributed by atoms with Gasteiger partial charge in [0.2, 0.25) is 0 Å². The van der Waals surface area contributed by atoms with Crippen molar-refractivity contribution >= 4 is 12.1 Å². The second-order valence-corrected chi connectivity index (χ2v) is 8.46. The molecule has 1 fully saturated rings. The van der Waals surface area contributed by atoms with Gasteiger partial charge in [-0.25, -0.2) is 9.59 Å². The van der Waals surface area contributed by atoms with Crippen molar-refractivity contribution in [2.45, 2.75) is 37.2 Å². The second kappa shape index (κ2) is 8.20. The molecule has 0 aromatic heterocycles. The number of esters is 1. The third-order valence-electron chi connectivity index (χ3n) is 6.50. The van der Waals surface area contributed by atoms with Crippen LogP contribution in [-0.4, -0.2) is 34.3 Å². The average molecular weight is 467 g/mol. The van der Waals surface area contributed by atoms with E-state index in [0.29, 0.717) is 5.56 Å². The minimum atomic E-state index is -4.48. The summed E-state index contributed by atoms with van der Waals surface area (Å²) in [5.41, 5.74) is 3.81. The van der Waals surface area contributed by atoms with Crippen LogP contribution < -0.4 is 0 Å². The summed E-state index contributed by atoms with van der Waals surface area (Å²) in [6.07, 6.45) is -6.62. The Morgan fingerprint density at radius 1 is 0.912 bits per heavy atom. The molecule has 3 aromatic carbocycles. The number of carboxylic acid groups (broad SMARTS) is 1. The minimum absolute atomic E-state index is 0.0718. The number of carbonyl (C=O) groups excluding carboxylic acids is 1. The van der Waals surface area contributed by atoms with E-state index in [1.54, 1.807) is 0 Å². The van der Waals surface area contributed by atoms with Gasteiger partial charge in [-0.05, 0) is 39.9 Å². The first-order valence-electron chi connectivity index (χ1n) is 10.8. The number of nitrogens with zero attached hydrogens (tertiary/aromatic N) is 1. The van der Waals surface area contributed by atoms with Crippen LogP contribution in [0.4, 0.5) is 18.0 Å². The zero-order chi connectivity index (χ0) is 24.0. The zero-order valence-electron chi connectivity index (χ0n) is 17.8. The van der Waals surface area contributed by atoms with Crippen molar-refractivity contribution in [3.63, 3.8) is 0 Å². The van der Waals surface area contributed by atoms with E-state index in [1.807, 2.05) is 48.5 Å². The lowest BCUT2D eigenvalue weighted by Gasteiger charge is -2.26. The Bertz CT molecular complexity index is 1210. The molecule has 2 aliphatic rings. The van der Waals surface area contributed by atoms with Gasteiger partial charge in [0.1, 0.15) is 6.04 Å². The number of amides is 1. The van der Waals surface area contributed by atoms with E-state index in [-0.39, 0.29) is 18.8 Å². The van der Waals surface area contributed by atoms with E-state index in [4.69, 9.17) is 4.74 Å². The number of alkyl halides is 3. The van der Waals surface area contributed by atoms with Crippen molar-refractivity contribution < 1.29 is 32.6 Å². The van der Waals surface area contributed by atoms with Crippen LogP contribution in [0.3, 0.4) is 0 Å². The van der Waals surface area contributed by atoms with E-state index in [9.17, 15) is 27.9 Å². The lowest BCUT2D eigenvalue weighted by molar-refractivity contribution is -0.143. The van der Waals surface area contributed by atoms with Crippen molar-refractivity contribution in [1.29, 1.82) is 0 Å². The number of cyclic esters (lactones) is 1. The van der Waals surface area contributed by atoms with Gasteiger partial charge in [0.25, 0.3) is 0 Å². The number of hydrogen-bond donors (Lipinski definition) is 1. The summed E-state index contributed by atoms with van der Waals surface area (Å²) in [7, 11) is 0. The lowest BCUT2D eigenvalue weighted by Crippen LogP contribution is -2.43. The Morgan fingerprint density at radius 3 is 2.00 bits per heavy atom. The minimum Gasteiger partial charge on any atom is -0.465 e. The van der Waals surface area contributed by atoms with Gasteiger partial charge in [-0.1, -0.05) is 60.7 Å². The van der Waals surface area contributed by atoms with Gasteiger partial charge in [-0.15, -0.1) is 0 Å². The molecule has 174 valence electrons. The Hall–Kier alpha value is -3.81. The van der Waals surface area contributed by atoms with Crippen LogP contribution in [0.15, 0.2) is 72.8 Å². The third-order valence-corrected chi connectivity index (χ3v) is 6.50. The Labute approximate surface area is 193 Å². The number of halogens is 3. The Kier molecular flexibility index (Phi) is 5.31. The molecule has 5 rings (SSSR count). The Balaban J connectivity index is 1.41. The monoisotopic (exact) mass is 467 g/mol. The third kappa shape index (κ3) is 3.79. The van der Waals surface area contributed by atoms with E-state index < -0.39 is 36.1 Å². The molecule has 1 aliphatic heterocycles. The molecule has 8 heteroatoms. The molecule has 0 spiro atoms. The molecular formula is C26H20F3NO4. The highest BCUT2D eigenvalue weighted by Crippen LogP contribution is 2.47. The standard InChI is InChI=1S/C26H20F3NO4/c27-26(28,29)16-11-9-15(10-12-16)13-22-24(31)34-23(30(22)25(32)33)14-21-19-7-3-1-5-17(19)18-6-2-4-8-20(18)21/h1-12,21-23H,13-14H2,(H,32,33)/t22-,23?/m0/s1. The number of hydrogen-bond acceptors (Lipinski definition) is 3. The van der Waals surface area contributed by atoms with Crippen molar-refractivity contribution in [1.82, 2.24) is 4.90 Å². The molecule has 1 unspecified atom stereocenters. The lowest BCUT2D eigenvalue weighted by atomic mass is 9.92. The van der Waals surface area contributed by atoms with Gasteiger partial charge < -0.3 is 9.84 Å². The fraction of sp³-hybridized carbons (Fsp3) is 0.231. The average Bonchev–Trinajstić information content (AvgIpc) is 3.29. The number of rotatable bonds is 4. The van der Waals surface area contributed by atoms with Crippen LogP contribution in [0.2, 0.25) is 0 Å². The molecule has 1 saturated heterocycles. The van der Waals surface area contributed by atoms with Crippen LogP contribution in [0.25, 0.3) is 11.1 Å². The molecule has 0 radical (unpaired) electrons. The molecule has 2 atom stereocenters. The molecule has 0 saturated carbocycles. The predicted octanol–water partition coefficient (Wildman–Crippen LogP) is 5.68. The predicted molar refractivity (Wildman–Crippen MR) is 117 cm³/mol. The number of carbonyl (C=O) groups is 2. The largest absolute Gasteiger partial charge is 0.465 e. The molecule has 1 N–H and O–H groups in total. The summed E-state index contributed by atoms with van der Waals surface area (Å²) in [5.74, 6) is -0.858. The van der Waals surface area contributed by atoms with Gasteiger partial charge in [-0.3, -0.25) is 4.90 Å². The molecule has 5 nitrogen and oxygen atoms in total. The molecular weight excluding hydrogens is 447 g/mol. The quantitative estimate of drug-likeness (QED) is 0.501. The molecule has 0 bridgehead atoms. The number of ether oxygens (including phenoxy) is 1. The maximum atomic E-state index is 12.9. The summed E-state index contributed by atoms with van der Waals surface area (Å²) in [6.45, 7) is 0. The highest BCUT2D eigenvalue weighted by molar-refractivity contribution is 5.84. The van der Waals surface area contributed by atoms with Crippen LogP contribution in [0.1, 0.15) is 34.6 Å². The van der Waals surface area contributed by atoms with Crippen LogP contribution in [0, 0.1) is 0 Å². The Morgan fingerprint density at radius 2 is 1.47 bits per heavy atom.